The van der Waals surface area contributed by atoms with Crippen LogP contribution in [0.4, 0.5) is 0 Å². The Bertz CT molecular complexity index is 261. The Morgan fingerprint density at radius 3 is 2.67 bits per heavy atom. The minimum atomic E-state index is -0.0644. The fourth-order valence-corrected chi connectivity index (χ4v) is 1.53. The summed E-state index contributed by atoms with van der Waals surface area (Å²) in [4.78, 5) is 15.0. The molecular formula is C11H19N3O. The number of hydrogen-bond acceptors (Lipinski definition) is 3. The summed E-state index contributed by atoms with van der Waals surface area (Å²) in [5, 5.41) is 0. The summed E-state index contributed by atoms with van der Waals surface area (Å²) in [6.45, 7) is 3.68. The van der Waals surface area contributed by atoms with E-state index in [0.717, 1.165) is 19.6 Å². The molecule has 1 fully saturated rings. The lowest BCUT2D eigenvalue weighted by atomic mass is 10.4. The first-order valence-corrected chi connectivity index (χ1v) is 5.36. The van der Waals surface area contributed by atoms with Gasteiger partial charge in [0, 0.05) is 7.05 Å². The Labute approximate surface area is 91.4 Å². The summed E-state index contributed by atoms with van der Waals surface area (Å²) in [5.41, 5.74) is 5.23. The highest BCUT2D eigenvalue weighted by Gasteiger charge is 2.08. The summed E-state index contributed by atoms with van der Waals surface area (Å²) >= 11 is 0. The van der Waals surface area contributed by atoms with Crippen molar-refractivity contribution in [1.29, 1.82) is 0 Å². The van der Waals surface area contributed by atoms with Gasteiger partial charge in [-0.1, -0.05) is 11.8 Å². The molecule has 0 atom stereocenters. The molecule has 4 heteroatoms. The van der Waals surface area contributed by atoms with Gasteiger partial charge in [-0.15, -0.1) is 0 Å². The third-order valence-corrected chi connectivity index (χ3v) is 2.54. The van der Waals surface area contributed by atoms with Crippen molar-refractivity contribution < 1.29 is 4.79 Å². The van der Waals surface area contributed by atoms with E-state index in [2.05, 4.69) is 16.7 Å². The summed E-state index contributed by atoms with van der Waals surface area (Å²) < 4.78 is 0. The highest BCUT2D eigenvalue weighted by atomic mass is 16.2. The summed E-state index contributed by atoms with van der Waals surface area (Å²) in [5.74, 6) is 6.00. The third kappa shape index (κ3) is 4.32. The molecule has 1 aliphatic rings. The van der Waals surface area contributed by atoms with Crippen molar-refractivity contribution in [3.05, 3.63) is 0 Å². The number of nitrogens with zero attached hydrogens (tertiary/aromatic N) is 2. The predicted octanol–water partition coefficient (Wildman–Crippen LogP) is -0.497. The van der Waals surface area contributed by atoms with Gasteiger partial charge >= 0.3 is 0 Å². The number of amides is 1. The topological polar surface area (TPSA) is 49.6 Å². The van der Waals surface area contributed by atoms with E-state index in [1.54, 1.807) is 11.9 Å². The predicted molar refractivity (Wildman–Crippen MR) is 60.1 cm³/mol. The van der Waals surface area contributed by atoms with E-state index in [1.807, 2.05) is 0 Å². The Balaban J connectivity index is 2.17. The molecule has 4 nitrogen and oxygen atoms in total. The van der Waals surface area contributed by atoms with Crippen LogP contribution in [0, 0.1) is 11.8 Å². The number of carbonyl (C=O) groups excluding carboxylic acids is 1. The number of carbonyl (C=O) groups is 1. The fraction of sp³-hybridized carbons (Fsp3) is 0.727. The molecule has 1 amide bonds. The average molecular weight is 209 g/mol. The van der Waals surface area contributed by atoms with E-state index in [-0.39, 0.29) is 12.5 Å². The van der Waals surface area contributed by atoms with Gasteiger partial charge in [0.1, 0.15) is 0 Å². The molecule has 15 heavy (non-hydrogen) atoms. The number of hydrogen-bond donors (Lipinski definition) is 1. The zero-order valence-electron chi connectivity index (χ0n) is 9.33. The molecule has 84 valence electrons. The van der Waals surface area contributed by atoms with Gasteiger partial charge in [-0.2, -0.15) is 0 Å². The van der Waals surface area contributed by atoms with Crippen molar-refractivity contribution in [3.63, 3.8) is 0 Å². The number of nitrogens with two attached hydrogens (primary N) is 1. The van der Waals surface area contributed by atoms with Gasteiger partial charge < -0.3 is 10.6 Å². The van der Waals surface area contributed by atoms with Crippen LogP contribution >= 0.6 is 0 Å². The lowest BCUT2D eigenvalue weighted by molar-refractivity contribution is -0.127. The highest BCUT2D eigenvalue weighted by molar-refractivity contribution is 5.77. The molecule has 1 rings (SSSR count). The van der Waals surface area contributed by atoms with E-state index in [4.69, 9.17) is 5.73 Å². The maximum Gasteiger partial charge on any atom is 0.236 e. The molecule has 1 aliphatic heterocycles. The molecule has 0 aromatic rings. The minimum absolute atomic E-state index is 0.0598. The van der Waals surface area contributed by atoms with Crippen LogP contribution in [0.1, 0.15) is 12.8 Å². The van der Waals surface area contributed by atoms with Crippen molar-refractivity contribution in [2.24, 2.45) is 5.73 Å². The van der Waals surface area contributed by atoms with Crippen molar-refractivity contribution in [2.45, 2.75) is 12.8 Å². The molecule has 0 bridgehead atoms. The maximum atomic E-state index is 11.1. The lowest BCUT2D eigenvalue weighted by Gasteiger charge is -2.12. The Kier molecular flexibility index (Phi) is 5.16. The van der Waals surface area contributed by atoms with Crippen molar-refractivity contribution in [2.75, 3.05) is 39.8 Å². The first-order chi connectivity index (χ1) is 7.24. The molecule has 2 N–H and O–H groups in total. The average Bonchev–Trinajstić information content (AvgIpc) is 2.75. The van der Waals surface area contributed by atoms with Gasteiger partial charge in [0.25, 0.3) is 0 Å². The monoisotopic (exact) mass is 209 g/mol. The lowest BCUT2D eigenvalue weighted by Crippen LogP contribution is -2.32. The van der Waals surface area contributed by atoms with E-state index >= 15 is 0 Å². The van der Waals surface area contributed by atoms with Crippen molar-refractivity contribution in [3.8, 4) is 11.8 Å². The van der Waals surface area contributed by atoms with Crippen LogP contribution in [0.15, 0.2) is 0 Å². The largest absolute Gasteiger partial charge is 0.334 e. The van der Waals surface area contributed by atoms with Crippen LogP contribution in [0.5, 0.6) is 0 Å². The maximum absolute atomic E-state index is 11.1. The van der Waals surface area contributed by atoms with Crippen LogP contribution < -0.4 is 5.73 Å². The third-order valence-electron chi connectivity index (χ3n) is 2.54. The fourth-order valence-electron chi connectivity index (χ4n) is 1.53. The number of rotatable bonds is 3. The van der Waals surface area contributed by atoms with E-state index in [0.29, 0.717) is 6.54 Å². The minimum Gasteiger partial charge on any atom is -0.334 e. The van der Waals surface area contributed by atoms with Crippen LogP contribution in [0.3, 0.4) is 0 Å². The first kappa shape index (κ1) is 12.0. The second-order valence-electron chi connectivity index (χ2n) is 3.79. The van der Waals surface area contributed by atoms with Gasteiger partial charge in [0.05, 0.1) is 19.6 Å². The van der Waals surface area contributed by atoms with Gasteiger partial charge in [0.2, 0.25) is 5.91 Å². The smallest absolute Gasteiger partial charge is 0.236 e. The van der Waals surface area contributed by atoms with E-state index < -0.39 is 0 Å². The molecule has 0 radical (unpaired) electrons. The second kappa shape index (κ2) is 6.44. The van der Waals surface area contributed by atoms with Gasteiger partial charge in [0.15, 0.2) is 0 Å². The van der Waals surface area contributed by atoms with E-state index in [9.17, 15) is 4.79 Å². The van der Waals surface area contributed by atoms with Crippen molar-refractivity contribution >= 4 is 5.91 Å². The molecular weight excluding hydrogens is 190 g/mol. The standard InChI is InChI=1S/C11H19N3O/c1-13(11(15)10-12)6-2-3-7-14-8-4-5-9-14/h4-10,12H2,1H3. The Morgan fingerprint density at radius 1 is 1.40 bits per heavy atom. The Morgan fingerprint density at radius 2 is 2.07 bits per heavy atom. The highest BCUT2D eigenvalue weighted by Crippen LogP contribution is 2.05. The molecule has 1 heterocycles. The molecule has 0 aromatic carbocycles. The van der Waals surface area contributed by atoms with Crippen molar-refractivity contribution in [1.82, 2.24) is 9.80 Å². The number of likely N-dealkylation sites (N-methyl/N-ethyl adjacent to an activating group) is 1. The zero-order valence-corrected chi connectivity index (χ0v) is 9.33. The van der Waals surface area contributed by atoms with Gasteiger partial charge in [-0.25, -0.2) is 0 Å². The molecule has 0 aromatic heterocycles. The molecule has 0 spiro atoms. The quantitative estimate of drug-likeness (QED) is 0.638. The van der Waals surface area contributed by atoms with Gasteiger partial charge in [-0.05, 0) is 25.9 Å². The van der Waals surface area contributed by atoms with E-state index in [1.165, 1.54) is 12.8 Å². The SMILES string of the molecule is CN(CC#CCN1CCCC1)C(=O)CN. The molecule has 0 saturated carbocycles. The first-order valence-electron chi connectivity index (χ1n) is 5.36. The summed E-state index contributed by atoms with van der Waals surface area (Å²) in [7, 11) is 1.72. The van der Waals surface area contributed by atoms with Crippen LogP contribution in [0.2, 0.25) is 0 Å². The molecule has 0 aliphatic carbocycles. The summed E-state index contributed by atoms with van der Waals surface area (Å²) in [6.07, 6.45) is 2.57. The molecule has 0 unspecified atom stereocenters. The van der Waals surface area contributed by atoms with Crippen LogP contribution in [0.25, 0.3) is 0 Å². The second-order valence-corrected chi connectivity index (χ2v) is 3.79. The zero-order chi connectivity index (χ0) is 11.1. The van der Waals surface area contributed by atoms with Crippen LogP contribution in [-0.4, -0.2) is 55.5 Å². The number of likely N-dealkylation sites (tertiary alicyclic amines) is 1. The Hall–Kier alpha value is -1.05. The van der Waals surface area contributed by atoms with Crippen LogP contribution in [-0.2, 0) is 4.79 Å². The normalized spacial score (nSPS) is 15.9. The summed E-state index contributed by atoms with van der Waals surface area (Å²) in [6, 6.07) is 0. The van der Waals surface area contributed by atoms with Gasteiger partial charge in [-0.3, -0.25) is 9.69 Å². The molecule has 1 saturated heterocycles.